The molecule has 3 rings (SSSR count). The largest absolute Gasteiger partial charge is 0.483 e. The van der Waals surface area contributed by atoms with Gasteiger partial charge in [0.05, 0.1) is 10.5 Å². The molecule has 2 aromatic carbocycles. The predicted molar refractivity (Wildman–Crippen MR) is 90.0 cm³/mol. The highest BCUT2D eigenvalue weighted by Crippen LogP contribution is 2.30. The van der Waals surface area contributed by atoms with Gasteiger partial charge in [0.1, 0.15) is 5.75 Å². The minimum Gasteiger partial charge on any atom is -0.483 e. The van der Waals surface area contributed by atoms with Crippen molar-refractivity contribution in [2.45, 2.75) is 25.8 Å². The van der Waals surface area contributed by atoms with E-state index in [1.807, 2.05) is 37.3 Å². The van der Waals surface area contributed by atoms with Gasteiger partial charge in [-0.05, 0) is 64.5 Å². The number of aryl methyl sites for hydroxylation is 2. The molecule has 0 fully saturated rings. The molecule has 0 saturated carbocycles. The van der Waals surface area contributed by atoms with Crippen LogP contribution in [0.1, 0.15) is 29.2 Å². The lowest BCUT2D eigenvalue weighted by molar-refractivity contribution is -0.123. The third-order valence-corrected chi connectivity index (χ3v) is 4.53. The minimum atomic E-state index is -0.0887. The predicted octanol–water partition coefficient (Wildman–Crippen LogP) is 3.94. The Labute approximate surface area is 138 Å². The Morgan fingerprint density at radius 1 is 1.32 bits per heavy atom. The summed E-state index contributed by atoms with van der Waals surface area (Å²) in [6, 6.07) is 14.2. The number of rotatable bonds is 4. The number of halogens is 1. The number of carbonyl (C=O) groups excluding carboxylic acids is 1. The third-order valence-electron chi connectivity index (χ3n) is 3.91. The molecule has 1 N–H and O–H groups in total. The number of carbonyl (C=O) groups is 1. The lowest BCUT2D eigenvalue weighted by Gasteiger charge is -2.15. The molecule has 0 aromatic heterocycles. The maximum absolute atomic E-state index is 12.1. The van der Waals surface area contributed by atoms with Crippen molar-refractivity contribution in [2.24, 2.45) is 0 Å². The second kappa shape index (κ2) is 6.53. The van der Waals surface area contributed by atoms with Crippen molar-refractivity contribution in [3.05, 3.63) is 63.6 Å². The summed E-state index contributed by atoms with van der Waals surface area (Å²) in [5.41, 5.74) is 3.70. The number of hydrogen-bond donors (Lipinski definition) is 1. The fourth-order valence-electron chi connectivity index (χ4n) is 2.81. The number of amides is 1. The van der Waals surface area contributed by atoms with Crippen molar-refractivity contribution < 1.29 is 9.53 Å². The van der Waals surface area contributed by atoms with Gasteiger partial charge in [0.15, 0.2) is 6.61 Å². The number of fused-ring (bicyclic) bond motifs is 1. The van der Waals surface area contributed by atoms with Gasteiger partial charge in [-0.1, -0.05) is 30.3 Å². The second-order valence-electron chi connectivity index (χ2n) is 5.58. The van der Waals surface area contributed by atoms with Crippen LogP contribution in [-0.2, 0) is 11.2 Å². The van der Waals surface area contributed by atoms with Crippen molar-refractivity contribution in [3.63, 3.8) is 0 Å². The van der Waals surface area contributed by atoms with Gasteiger partial charge in [-0.25, -0.2) is 0 Å². The SMILES string of the molecule is Cc1ccc(OCC(=O)N[C@H]2CCc3ccccc32)c(Br)c1. The van der Waals surface area contributed by atoms with E-state index in [0.29, 0.717) is 5.75 Å². The molecule has 0 unspecified atom stereocenters. The van der Waals surface area contributed by atoms with Gasteiger partial charge in [-0.3, -0.25) is 4.79 Å². The summed E-state index contributed by atoms with van der Waals surface area (Å²) < 4.78 is 6.46. The van der Waals surface area contributed by atoms with Crippen molar-refractivity contribution in [1.82, 2.24) is 5.32 Å². The quantitative estimate of drug-likeness (QED) is 0.897. The van der Waals surface area contributed by atoms with Crippen LogP contribution in [0, 0.1) is 6.92 Å². The zero-order valence-corrected chi connectivity index (χ0v) is 14.0. The summed E-state index contributed by atoms with van der Waals surface area (Å²) in [6.07, 6.45) is 1.98. The molecule has 0 aliphatic heterocycles. The molecule has 0 heterocycles. The Morgan fingerprint density at radius 2 is 2.14 bits per heavy atom. The molecule has 1 atom stereocenters. The summed E-state index contributed by atoms with van der Waals surface area (Å²) >= 11 is 3.45. The van der Waals surface area contributed by atoms with Crippen LogP contribution in [0.4, 0.5) is 0 Å². The smallest absolute Gasteiger partial charge is 0.258 e. The fourth-order valence-corrected chi connectivity index (χ4v) is 3.42. The normalized spacial score (nSPS) is 16.2. The van der Waals surface area contributed by atoms with Gasteiger partial charge in [0, 0.05) is 0 Å². The lowest BCUT2D eigenvalue weighted by atomic mass is 10.1. The van der Waals surface area contributed by atoms with Crippen molar-refractivity contribution in [1.29, 1.82) is 0 Å². The van der Waals surface area contributed by atoms with Gasteiger partial charge in [0.2, 0.25) is 0 Å². The topological polar surface area (TPSA) is 38.3 Å². The second-order valence-corrected chi connectivity index (χ2v) is 6.43. The minimum absolute atomic E-state index is 0.0281. The highest BCUT2D eigenvalue weighted by atomic mass is 79.9. The van der Waals surface area contributed by atoms with Crippen LogP contribution in [0.25, 0.3) is 0 Å². The Hall–Kier alpha value is -1.81. The third kappa shape index (κ3) is 3.33. The molecule has 4 heteroatoms. The van der Waals surface area contributed by atoms with E-state index in [4.69, 9.17) is 4.74 Å². The lowest BCUT2D eigenvalue weighted by Crippen LogP contribution is -2.31. The van der Waals surface area contributed by atoms with E-state index >= 15 is 0 Å². The first-order chi connectivity index (χ1) is 10.6. The van der Waals surface area contributed by atoms with Crippen LogP contribution in [0.5, 0.6) is 5.75 Å². The molecule has 22 heavy (non-hydrogen) atoms. The molecular weight excluding hydrogens is 342 g/mol. The maximum Gasteiger partial charge on any atom is 0.258 e. The molecule has 0 saturated heterocycles. The van der Waals surface area contributed by atoms with Gasteiger partial charge in [-0.2, -0.15) is 0 Å². The Bertz CT molecular complexity index is 699. The van der Waals surface area contributed by atoms with E-state index in [-0.39, 0.29) is 18.6 Å². The Kier molecular flexibility index (Phi) is 4.48. The van der Waals surface area contributed by atoms with Crippen LogP contribution in [0.2, 0.25) is 0 Å². The standard InChI is InChI=1S/C18H18BrNO2/c1-12-6-9-17(15(19)10-12)22-11-18(21)20-16-8-7-13-4-2-3-5-14(13)16/h2-6,9-10,16H,7-8,11H2,1H3,(H,20,21)/t16-/m0/s1. The molecule has 114 valence electrons. The summed E-state index contributed by atoms with van der Waals surface area (Å²) in [6.45, 7) is 2.04. The van der Waals surface area contributed by atoms with Crippen molar-refractivity contribution >= 4 is 21.8 Å². The average molecular weight is 360 g/mol. The zero-order chi connectivity index (χ0) is 15.5. The molecule has 1 aliphatic carbocycles. The monoisotopic (exact) mass is 359 g/mol. The molecular formula is C18H18BrNO2. The highest BCUT2D eigenvalue weighted by molar-refractivity contribution is 9.10. The van der Waals surface area contributed by atoms with E-state index < -0.39 is 0 Å². The summed E-state index contributed by atoms with van der Waals surface area (Å²) in [5.74, 6) is 0.599. The number of ether oxygens (including phenoxy) is 1. The van der Waals surface area contributed by atoms with Crippen LogP contribution < -0.4 is 10.1 Å². The maximum atomic E-state index is 12.1. The van der Waals surface area contributed by atoms with E-state index in [2.05, 4.69) is 33.4 Å². The van der Waals surface area contributed by atoms with Gasteiger partial charge < -0.3 is 10.1 Å². The van der Waals surface area contributed by atoms with Crippen LogP contribution in [0.3, 0.4) is 0 Å². The van der Waals surface area contributed by atoms with E-state index in [0.717, 1.165) is 22.9 Å². The van der Waals surface area contributed by atoms with Crippen LogP contribution in [-0.4, -0.2) is 12.5 Å². The zero-order valence-electron chi connectivity index (χ0n) is 12.4. The first-order valence-corrected chi connectivity index (χ1v) is 8.19. The first kappa shape index (κ1) is 15.1. The molecule has 1 amide bonds. The fraction of sp³-hybridized carbons (Fsp3) is 0.278. The molecule has 0 bridgehead atoms. The summed E-state index contributed by atoms with van der Waals surface area (Å²) in [5, 5.41) is 3.06. The Morgan fingerprint density at radius 3 is 2.95 bits per heavy atom. The molecule has 1 aliphatic rings. The molecule has 0 radical (unpaired) electrons. The number of hydrogen-bond acceptors (Lipinski definition) is 2. The van der Waals surface area contributed by atoms with Gasteiger partial charge >= 0.3 is 0 Å². The van der Waals surface area contributed by atoms with Crippen LogP contribution in [0.15, 0.2) is 46.9 Å². The first-order valence-electron chi connectivity index (χ1n) is 7.39. The van der Waals surface area contributed by atoms with Gasteiger partial charge in [-0.15, -0.1) is 0 Å². The van der Waals surface area contributed by atoms with E-state index in [9.17, 15) is 4.79 Å². The van der Waals surface area contributed by atoms with E-state index in [1.54, 1.807) is 0 Å². The van der Waals surface area contributed by atoms with Gasteiger partial charge in [0.25, 0.3) is 5.91 Å². The molecule has 2 aromatic rings. The number of nitrogens with one attached hydrogen (secondary N) is 1. The molecule has 0 spiro atoms. The highest BCUT2D eigenvalue weighted by Gasteiger charge is 2.23. The van der Waals surface area contributed by atoms with Crippen LogP contribution >= 0.6 is 15.9 Å². The molecule has 3 nitrogen and oxygen atoms in total. The number of benzene rings is 2. The summed E-state index contributed by atoms with van der Waals surface area (Å²) in [4.78, 5) is 12.1. The summed E-state index contributed by atoms with van der Waals surface area (Å²) in [7, 11) is 0. The van der Waals surface area contributed by atoms with Crippen molar-refractivity contribution in [2.75, 3.05) is 6.61 Å². The Balaban J connectivity index is 1.57. The van der Waals surface area contributed by atoms with Crippen molar-refractivity contribution in [3.8, 4) is 5.75 Å². The van der Waals surface area contributed by atoms with E-state index in [1.165, 1.54) is 11.1 Å². The average Bonchev–Trinajstić information content (AvgIpc) is 2.90.